The van der Waals surface area contributed by atoms with E-state index >= 15 is 0 Å². The summed E-state index contributed by atoms with van der Waals surface area (Å²) in [5.74, 6) is 2.71. The summed E-state index contributed by atoms with van der Waals surface area (Å²) in [6, 6.07) is 14.2. The fraction of sp³-hybridized carbons (Fsp3) is 0.429. The van der Waals surface area contributed by atoms with E-state index in [1.165, 1.54) is 37.7 Å². The van der Waals surface area contributed by atoms with Gasteiger partial charge in [-0.3, -0.25) is 0 Å². The van der Waals surface area contributed by atoms with Crippen molar-refractivity contribution < 1.29 is 13.8 Å². The topological polar surface area (TPSA) is 27.7 Å². The first kappa shape index (κ1) is 18.1. The van der Waals surface area contributed by atoms with Crippen LogP contribution in [0.25, 0.3) is 0 Å². The van der Waals surface area contributed by atoms with Crippen molar-refractivity contribution >= 4 is 9.03 Å². The molecule has 4 heteroatoms. The van der Waals surface area contributed by atoms with Crippen molar-refractivity contribution in [2.75, 3.05) is 6.61 Å². The van der Waals surface area contributed by atoms with E-state index in [4.69, 9.17) is 13.8 Å². The standard InChI is InChI=1S/C21H27O3P/c1-2-3-4-5-6-9-15-22-20-13-10-14-21-18(20)16-17-11-7-8-12-19(17)23-25-24-21/h7-8,10-14,25H,2-6,9,15-16H2,1H3. The largest absolute Gasteiger partial charge is 0.493 e. The third-order valence-electron chi connectivity index (χ3n) is 4.49. The molecule has 25 heavy (non-hydrogen) atoms. The molecular formula is C21H27O3P. The first-order valence-corrected chi connectivity index (χ1v) is 10.1. The summed E-state index contributed by atoms with van der Waals surface area (Å²) in [5.41, 5.74) is 2.30. The van der Waals surface area contributed by atoms with Gasteiger partial charge in [0.05, 0.1) is 6.61 Å². The Labute approximate surface area is 152 Å². The molecule has 1 heterocycles. The SMILES string of the molecule is CCCCCCCCOc1cccc2c1Cc1ccccc1OPO2. The fourth-order valence-corrected chi connectivity index (χ4v) is 3.68. The molecule has 0 N–H and O–H groups in total. The lowest BCUT2D eigenvalue weighted by atomic mass is 10.0. The average molecular weight is 358 g/mol. The van der Waals surface area contributed by atoms with Gasteiger partial charge in [-0.15, -0.1) is 0 Å². The van der Waals surface area contributed by atoms with E-state index in [0.29, 0.717) is 0 Å². The zero-order valence-corrected chi connectivity index (χ0v) is 15.9. The maximum absolute atomic E-state index is 6.10. The normalized spacial score (nSPS) is 13.8. The minimum Gasteiger partial charge on any atom is -0.493 e. The highest BCUT2D eigenvalue weighted by molar-refractivity contribution is 7.27. The first-order valence-electron chi connectivity index (χ1n) is 9.29. The summed E-state index contributed by atoms with van der Waals surface area (Å²) in [6.07, 6.45) is 8.38. The van der Waals surface area contributed by atoms with Crippen molar-refractivity contribution in [3.8, 4) is 17.2 Å². The maximum atomic E-state index is 6.10. The molecule has 0 spiro atoms. The molecule has 1 aliphatic rings. The summed E-state index contributed by atoms with van der Waals surface area (Å²) < 4.78 is 17.7. The first-order chi connectivity index (χ1) is 12.4. The van der Waals surface area contributed by atoms with Gasteiger partial charge in [-0.05, 0) is 30.2 Å². The Kier molecular flexibility index (Phi) is 6.99. The van der Waals surface area contributed by atoms with Crippen molar-refractivity contribution in [2.24, 2.45) is 0 Å². The Hall–Kier alpha value is -1.73. The number of ether oxygens (including phenoxy) is 1. The second kappa shape index (κ2) is 9.68. The molecule has 0 amide bonds. The molecule has 0 fully saturated rings. The number of para-hydroxylation sites is 1. The summed E-state index contributed by atoms with van der Waals surface area (Å²) >= 11 is 0. The van der Waals surface area contributed by atoms with Crippen molar-refractivity contribution in [3.63, 3.8) is 0 Å². The number of hydrogen-bond acceptors (Lipinski definition) is 3. The molecule has 1 aliphatic heterocycles. The van der Waals surface area contributed by atoms with Gasteiger partial charge in [-0.25, -0.2) is 0 Å². The van der Waals surface area contributed by atoms with E-state index in [1.54, 1.807) is 0 Å². The molecule has 3 nitrogen and oxygen atoms in total. The molecule has 0 aliphatic carbocycles. The molecule has 1 unspecified atom stereocenters. The van der Waals surface area contributed by atoms with Gasteiger partial charge >= 0.3 is 0 Å². The molecule has 2 aromatic carbocycles. The van der Waals surface area contributed by atoms with E-state index in [2.05, 4.69) is 13.0 Å². The van der Waals surface area contributed by atoms with Gasteiger partial charge in [0.15, 0.2) is 0 Å². The Morgan fingerprint density at radius 1 is 0.880 bits per heavy atom. The van der Waals surface area contributed by atoms with Crippen molar-refractivity contribution in [2.45, 2.75) is 51.9 Å². The summed E-state index contributed by atoms with van der Waals surface area (Å²) in [4.78, 5) is 0. The predicted molar refractivity (Wildman–Crippen MR) is 104 cm³/mol. The molecule has 3 rings (SSSR count). The number of hydrogen-bond donors (Lipinski definition) is 0. The van der Waals surface area contributed by atoms with Crippen LogP contribution >= 0.6 is 9.03 Å². The van der Waals surface area contributed by atoms with E-state index in [0.717, 1.165) is 42.3 Å². The van der Waals surface area contributed by atoms with Crippen LogP contribution in [0.3, 0.4) is 0 Å². The molecule has 0 bridgehead atoms. The van der Waals surface area contributed by atoms with Crippen LogP contribution in [0.4, 0.5) is 0 Å². The van der Waals surface area contributed by atoms with Gasteiger partial charge in [0.1, 0.15) is 17.2 Å². The van der Waals surface area contributed by atoms with Crippen molar-refractivity contribution in [3.05, 3.63) is 53.6 Å². The van der Waals surface area contributed by atoms with Crippen LogP contribution in [0.2, 0.25) is 0 Å². The highest BCUT2D eigenvalue weighted by Crippen LogP contribution is 2.39. The molecule has 0 radical (unpaired) electrons. The Morgan fingerprint density at radius 2 is 1.64 bits per heavy atom. The molecule has 1 atom stereocenters. The smallest absolute Gasteiger partial charge is 0.275 e. The third-order valence-corrected chi connectivity index (χ3v) is 5.10. The van der Waals surface area contributed by atoms with Gasteiger partial charge < -0.3 is 13.8 Å². The predicted octanol–water partition coefficient (Wildman–Crippen LogP) is 6.30. The Bertz CT molecular complexity index is 672. The molecular weight excluding hydrogens is 331 g/mol. The number of benzene rings is 2. The van der Waals surface area contributed by atoms with Gasteiger partial charge in [0.2, 0.25) is 0 Å². The second-order valence-corrected chi connectivity index (χ2v) is 7.00. The van der Waals surface area contributed by atoms with Gasteiger partial charge in [-0.1, -0.05) is 63.3 Å². The Morgan fingerprint density at radius 3 is 2.56 bits per heavy atom. The van der Waals surface area contributed by atoms with Crippen LogP contribution in [-0.4, -0.2) is 6.61 Å². The lowest BCUT2D eigenvalue weighted by Gasteiger charge is -2.20. The van der Waals surface area contributed by atoms with Crippen LogP contribution in [0, 0.1) is 0 Å². The molecule has 0 aromatic heterocycles. The van der Waals surface area contributed by atoms with E-state index < -0.39 is 0 Å². The van der Waals surface area contributed by atoms with Gasteiger partial charge in [-0.2, -0.15) is 0 Å². The highest BCUT2D eigenvalue weighted by atomic mass is 31.1. The fourth-order valence-electron chi connectivity index (χ4n) is 3.07. The number of rotatable bonds is 8. The molecule has 2 aromatic rings. The lowest BCUT2D eigenvalue weighted by molar-refractivity contribution is 0.300. The van der Waals surface area contributed by atoms with E-state index in [9.17, 15) is 0 Å². The second-order valence-electron chi connectivity index (χ2n) is 6.42. The molecule has 134 valence electrons. The minimum atomic E-state index is -0.0329. The monoisotopic (exact) mass is 358 g/mol. The van der Waals surface area contributed by atoms with Crippen LogP contribution in [0.15, 0.2) is 42.5 Å². The van der Waals surface area contributed by atoms with E-state index in [-0.39, 0.29) is 9.03 Å². The number of fused-ring (bicyclic) bond motifs is 2. The lowest BCUT2D eigenvalue weighted by Crippen LogP contribution is -2.04. The van der Waals surface area contributed by atoms with E-state index in [1.807, 2.05) is 36.4 Å². The number of unbranched alkanes of at least 4 members (excludes halogenated alkanes) is 5. The van der Waals surface area contributed by atoms with Crippen LogP contribution in [0.1, 0.15) is 56.6 Å². The summed E-state index contributed by atoms with van der Waals surface area (Å²) in [5, 5.41) is 0. The summed E-state index contributed by atoms with van der Waals surface area (Å²) in [7, 11) is -0.0329. The molecule has 0 saturated heterocycles. The van der Waals surface area contributed by atoms with Crippen LogP contribution in [-0.2, 0) is 6.42 Å². The van der Waals surface area contributed by atoms with Crippen LogP contribution < -0.4 is 13.8 Å². The quantitative estimate of drug-likeness (QED) is 0.409. The summed E-state index contributed by atoms with van der Waals surface area (Å²) in [6.45, 7) is 3.02. The van der Waals surface area contributed by atoms with Gasteiger partial charge in [0.25, 0.3) is 9.03 Å². The highest BCUT2D eigenvalue weighted by Gasteiger charge is 2.17. The van der Waals surface area contributed by atoms with Gasteiger partial charge in [0, 0.05) is 12.0 Å². The minimum absolute atomic E-state index is 0.0329. The average Bonchev–Trinajstić information content (AvgIpc) is 2.62. The van der Waals surface area contributed by atoms with Crippen LogP contribution in [0.5, 0.6) is 17.2 Å². The zero-order chi connectivity index (χ0) is 17.3. The third kappa shape index (κ3) is 5.12. The maximum Gasteiger partial charge on any atom is 0.275 e. The van der Waals surface area contributed by atoms with Crippen molar-refractivity contribution in [1.82, 2.24) is 0 Å². The molecule has 0 saturated carbocycles. The van der Waals surface area contributed by atoms with Crippen molar-refractivity contribution in [1.29, 1.82) is 0 Å². The Balaban J connectivity index is 1.63. The zero-order valence-electron chi connectivity index (χ0n) is 14.9.